The maximum atomic E-state index is 11.1. The number of ether oxygens (including phenoxy) is 3. The topological polar surface area (TPSA) is 65.0 Å². The van der Waals surface area contributed by atoms with E-state index in [9.17, 15) is 9.90 Å². The van der Waals surface area contributed by atoms with Gasteiger partial charge in [0, 0.05) is 5.56 Å². The number of aliphatic hydroxyl groups excluding tert-OH is 1. The minimum absolute atomic E-state index is 0.101. The number of hydrogen-bond donors (Lipinski definition) is 1. The summed E-state index contributed by atoms with van der Waals surface area (Å²) in [6.45, 7) is 0.929. The van der Waals surface area contributed by atoms with Crippen molar-refractivity contribution >= 4 is 5.97 Å². The summed E-state index contributed by atoms with van der Waals surface area (Å²) in [7, 11) is 1.29. The Labute approximate surface area is 98.9 Å². The largest absolute Gasteiger partial charge is 0.486 e. The van der Waals surface area contributed by atoms with E-state index in [0.29, 0.717) is 30.3 Å². The van der Waals surface area contributed by atoms with Crippen LogP contribution in [-0.4, -0.2) is 31.4 Å². The average Bonchev–Trinajstić information content (AvgIpc) is 2.37. The summed E-state index contributed by atoms with van der Waals surface area (Å²) in [4.78, 5) is 11.1. The maximum absolute atomic E-state index is 11.1. The number of aliphatic hydroxyl groups is 1. The molecular formula is C12H14O5. The van der Waals surface area contributed by atoms with Crippen LogP contribution < -0.4 is 9.47 Å². The van der Waals surface area contributed by atoms with Gasteiger partial charge in [-0.3, -0.25) is 4.79 Å². The fourth-order valence-electron chi connectivity index (χ4n) is 1.71. The van der Waals surface area contributed by atoms with Gasteiger partial charge in [-0.1, -0.05) is 12.1 Å². The van der Waals surface area contributed by atoms with Crippen molar-refractivity contribution in [3.05, 3.63) is 23.8 Å². The number of para-hydroxylation sites is 1. The monoisotopic (exact) mass is 238 g/mol. The molecule has 1 aliphatic rings. The number of hydrogen-bond acceptors (Lipinski definition) is 5. The summed E-state index contributed by atoms with van der Waals surface area (Å²) >= 11 is 0. The Hall–Kier alpha value is -1.75. The summed E-state index contributed by atoms with van der Waals surface area (Å²) in [5.74, 6) is 0.639. The number of methoxy groups -OCH3 is 1. The molecule has 0 bridgehead atoms. The van der Waals surface area contributed by atoms with Crippen molar-refractivity contribution in [2.45, 2.75) is 12.5 Å². The molecule has 0 aliphatic carbocycles. The van der Waals surface area contributed by atoms with Crippen LogP contribution in [0.15, 0.2) is 18.2 Å². The Balaban J connectivity index is 2.22. The highest BCUT2D eigenvalue weighted by molar-refractivity contribution is 5.70. The van der Waals surface area contributed by atoms with Crippen molar-refractivity contribution in [2.24, 2.45) is 0 Å². The molecule has 2 rings (SSSR count). The molecule has 0 radical (unpaired) electrons. The molecular weight excluding hydrogens is 224 g/mol. The molecule has 0 saturated heterocycles. The molecule has 5 heteroatoms. The average molecular weight is 238 g/mol. The van der Waals surface area contributed by atoms with Crippen LogP contribution in [0.25, 0.3) is 0 Å². The summed E-state index contributed by atoms with van der Waals surface area (Å²) in [6, 6.07) is 5.23. The van der Waals surface area contributed by atoms with Gasteiger partial charge < -0.3 is 19.3 Å². The number of esters is 1. The van der Waals surface area contributed by atoms with Gasteiger partial charge >= 0.3 is 5.97 Å². The highest BCUT2D eigenvalue weighted by Gasteiger charge is 2.22. The van der Waals surface area contributed by atoms with E-state index in [1.807, 2.05) is 0 Å². The lowest BCUT2D eigenvalue weighted by atomic mass is 10.0. The smallest absolute Gasteiger partial charge is 0.308 e. The van der Waals surface area contributed by atoms with Gasteiger partial charge in [-0.2, -0.15) is 0 Å². The van der Waals surface area contributed by atoms with Crippen LogP contribution in [-0.2, 0) is 9.53 Å². The SMILES string of the molecule is COC(=O)C[C@H](O)c1cccc2c1OCCO2. The van der Waals surface area contributed by atoms with Gasteiger partial charge in [0.1, 0.15) is 13.2 Å². The van der Waals surface area contributed by atoms with Crippen molar-refractivity contribution in [3.8, 4) is 11.5 Å². The maximum Gasteiger partial charge on any atom is 0.308 e. The summed E-state index contributed by atoms with van der Waals surface area (Å²) in [6.07, 6.45) is -1.05. The van der Waals surface area contributed by atoms with Crippen LogP contribution in [0.5, 0.6) is 11.5 Å². The van der Waals surface area contributed by atoms with Gasteiger partial charge in [-0.05, 0) is 6.07 Å². The van der Waals surface area contributed by atoms with Gasteiger partial charge in [-0.25, -0.2) is 0 Å². The molecule has 0 unspecified atom stereocenters. The Bertz CT molecular complexity index is 415. The predicted molar refractivity (Wildman–Crippen MR) is 59.0 cm³/mol. The van der Waals surface area contributed by atoms with E-state index in [2.05, 4.69) is 4.74 Å². The molecule has 0 fully saturated rings. The summed E-state index contributed by atoms with van der Waals surface area (Å²) in [5, 5.41) is 9.94. The fraction of sp³-hybridized carbons (Fsp3) is 0.417. The van der Waals surface area contributed by atoms with Crippen molar-refractivity contribution in [1.29, 1.82) is 0 Å². The zero-order valence-electron chi connectivity index (χ0n) is 9.51. The minimum atomic E-state index is -0.945. The first-order chi connectivity index (χ1) is 8.22. The normalized spacial score (nSPS) is 15.2. The minimum Gasteiger partial charge on any atom is -0.486 e. The third-order valence-corrected chi connectivity index (χ3v) is 2.54. The van der Waals surface area contributed by atoms with Gasteiger partial charge in [0.2, 0.25) is 0 Å². The van der Waals surface area contributed by atoms with Crippen molar-refractivity contribution < 1.29 is 24.1 Å². The zero-order valence-corrected chi connectivity index (χ0v) is 9.51. The molecule has 1 aromatic carbocycles. The first kappa shape index (κ1) is 11.7. The molecule has 0 aromatic heterocycles. The highest BCUT2D eigenvalue weighted by atomic mass is 16.6. The number of rotatable bonds is 3. The third-order valence-electron chi connectivity index (χ3n) is 2.54. The quantitative estimate of drug-likeness (QED) is 0.797. The van der Waals surface area contributed by atoms with E-state index in [1.54, 1.807) is 18.2 Å². The predicted octanol–water partition coefficient (Wildman–Crippen LogP) is 1.05. The van der Waals surface area contributed by atoms with E-state index < -0.39 is 12.1 Å². The lowest BCUT2D eigenvalue weighted by Crippen LogP contribution is -2.18. The molecule has 1 heterocycles. The first-order valence-corrected chi connectivity index (χ1v) is 5.35. The Kier molecular flexibility index (Phi) is 3.49. The van der Waals surface area contributed by atoms with Crippen LogP contribution in [0.2, 0.25) is 0 Å². The lowest BCUT2D eigenvalue weighted by Gasteiger charge is -2.22. The highest BCUT2D eigenvalue weighted by Crippen LogP contribution is 2.37. The molecule has 92 valence electrons. The Morgan fingerprint density at radius 1 is 1.47 bits per heavy atom. The second-order valence-electron chi connectivity index (χ2n) is 3.67. The molecule has 1 N–H and O–H groups in total. The van der Waals surface area contributed by atoms with Crippen molar-refractivity contribution in [1.82, 2.24) is 0 Å². The molecule has 0 spiro atoms. The van der Waals surface area contributed by atoms with Crippen molar-refractivity contribution in [3.63, 3.8) is 0 Å². The number of benzene rings is 1. The molecule has 0 saturated carbocycles. The van der Waals surface area contributed by atoms with Gasteiger partial charge in [-0.15, -0.1) is 0 Å². The lowest BCUT2D eigenvalue weighted by molar-refractivity contribution is -0.142. The second-order valence-corrected chi connectivity index (χ2v) is 3.67. The van der Waals surface area contributed by atoms with E-state index in [-0.39, 0.29) is 6.42 Å². The third kappa shape index (κ3) is 2.50. The van der Waals surface area contributed by atoms with Gasteiger partial charge in [0.25, 0.3) is 0 Å². The second kappa shape index (κ2) is 5.05. The molecule has 0 amide bonds. The molecule has 1 atom stereocenters. The number of carbonyl (C=O) groups excluding carboxylic acids is 1. The molecule has 17 heavy (non-hydrogen) atoms. The van der Waals surface area contributed by atoms with Crippen LogP contribution in [0.3, 0.4) is 0 Å². The van der Waals surface area contributed by atoms with E-state index >= 15 is 0 Å². The number of fused-ring (bicyclic) bond motifs is 1. The molecule has 1 aliphatic heterocycles. The molecule has 5 nitrogen and oxygen atoms in total. The van der Waals surface area contributed by atoms with Gasteiger partial charge in [0.05, 0.1) is 19.6 Å². The van der Waals surface area contributed by atoms with Crippen LogP contribution in [0.4, 0.5) is 0 Å². The first-order valence-electron chi connectivity index (χ1n) is 5.35. The standard InChI is InChI=1S/C12H14O5/c1-15-11(14)7-9(13)8-3-2-4-10-12(8)17-6-5-16-10/h2-4,9,13H,5-7H2,1H3/t9-/m0/s1. The van der Waals surface area contributed by atoms with E-state index in [1.165, 1.54) is 7.11 Å². The van der Waals surface area contributed by atoms with Crippen LogP contribution in [0.1, 0.15) is 18.1 Å². The van der Waals surface area contributed by atoms with Gasteiger partial charge in [0.15, 0.2) is 11.5 Å². The summed E-state index contributed by atoms with van der Waals surface area (Å²) < 4.78 is 15.4. The summed E-state index contributed by atoms with van der Waals surface area (Å²) in [5.41, 5.74) is 0.549. The zero-order chi connectivity index (χ0) is 12.3. The van der Waals surface area contributed by atoms with E-state index in [4.69, 9.17) is 9.47 Å². The molecule has 1 aromatic rings. The Morgan fingerprint density at radius 3 is 3.00 bits per heavy atom. The number of carbonyl (C=O) groups is 1. The van der Waals surface area contributed by atoms with Crippen LogP contribution >= 0.6 is 0 Å². The van der Waals surface area contributed by atoms with Crippen molar-refractivity contribution in [2.75, 3.05) is 20.3 Å². The van der Waals surface area contributed by atoms with E-state index in [0.717, 1.165) is 0 Å². The Morgan fingerprint density at radius 2 is 2.24 bits per heavy atom. The fourth-order valence-corrected chi connectivity index (χ4v) is 1.71. The van der Waals surface area contributed by atoms with Crippen LogP contribution in [0, 0.1) is 0 Å².